The summed E-state index contributed by atoms with van der Waals surface area (Å²) < 4.78 is 0. The van der Waals surface area contributed by atoms with Gasteiger partial charge < -0.3 is 5.11 Å². The monoisotopic (exact) mass is 295 g/mol. The zero-order valence-corrected chi connectivity index (χ0v) is 12.1. The SMILES string of the molecule is CCc1nc(-c2ccc(Cl)cc2)sc1CCC(=O)O. The third-order valence-electron chi connectivity index (χ3n) is 2.77. The lowest BCUT2D eigenvalue weighted by Crippen LogP contribution is -1.98. The molecule has 0 aliphatic carbocycles. The van der Waals surface area contributed by atoms with Gasteiger partial charge in [-0.15, -0.1) is 11.3 Å². The van der Waals surface area contributed by atoms with Crippen molar-refractivity contribution in [3.63, 3.8) is 0 Å². The lowest BCUT2D eigenvalue weighted by Gasteiger charge is -1.95. The lowest BCUT2D eigenvalue weighted by atomic mass is 10.2. The van der Waals surface area contributed by atoms with E-state index in [1.54, 1.807) is 11.3 Å². The lowest BCUT2D eigenvalue weighted by molar-refractivity contribution is -0.136. The minimum atomic E-state index is -0.775. The number of carboxylic acid groups (broad SMARTS) is 1. The average Bonchev–Trinajstić information content (AvgIpc) is 2.80. The van der Waals surface area contributed by atoms with Crippen LogP contribution in [0.4, 0.5) is 0 Å². The van der Waals surface area contributed by atoms with E-state index >= 15 is 0 Å². The van der Waals surface area contributed by atoms with E-state index in [0.29, 0.717) is 11.4 Å². The number of aryl methyl sites for hydroxylation is 2. The summed E-state index contributed by atoms with van der Waals surface area (Å²) in [5.74, 6) is -0.775. The van der Waals surface area contributed by atoms with Gasteiger partial charge in [-0.2, -0.15) is 0 Å². The van der Waals surface area contributed by atoms with Gasteiger partial charge in [-0.25, -0.2) is 4.98 Å². The second kappa shape index (κ2) is 6.17. The Kier molecular flexibility index (Phi) is 4.56. The molecule has 1 heterocycles. The van der Waals surface area contributed by atoms with Gasteiger partial charge in [0.05, 0.1) is 12.1 Å². The third-order valence-corrected chi connectivity index (χ3v) is 4.23. The summed E-state index contributed by atoms with van der Waals surface area (Å²) >= 11 is 7.43. The first kappa shape index (κ1) is 14.0. The second-order valence-electron chi connectivity index (χ2n) is 4.14. The smallest absolute Gasteiger partial charge is 0.303 e. The molecule has 0 saturated carbocycles. The molecule has 0 bridgehead atoms. The minimum absolute atomic E-state index is 0.148. The number of aliphatic carboxylic acids is 1. The molecule has 0 amide bonds. The highest BCUT2D eigenvalue weighted by atomic mass is 35.5. The summed E-state index contributed by atoms with van der Waals surface area (Å²) in [5.41, 5.74) is 2.02. The highest BCUT2D eigenvalue weighted by Gasteiger charge is 2.12. The number of thiazole rings is 1. The van der Waals surface area contributed by atoms with Gasteiger partial charge in [0.1, 0.15) is 5.01 Å². The molecule has 0 unspecified atom stereocenters. The molecule has 0 saturated heterocycles. The first-order valence-electron chi connectivity index (χ1n) is 6.06. The molecule has 1 N–H and O–H groups in total. The Bertz CT molecular complexity index is 578. The van der Waals surface area contributed by atoms with E-state index in [9.17, 15) is 4.79 Å². The second-order valence-corrected chi connectivity index (χ2v) is 5.66. The molecule has 0 aliphatic rings. The third kappa shape index (κ3) is 3.55. The van der Waals surface area contributed by atoms with Gasteiger partial charge in [0.15, 0.2) is 0 Å². The largest absolute Gasteiger partial charge is 0.481 e. The van der Waals surface area contributed by atoms with Gasteiger partial charge in [0.2, 0.25) is 0 Å². The number of hydrogen-bond acceptors (Lipinski definition) is 3. The van der Waals surface area contributed by atoms with E-state index in [1.165, 1.54) is 0 Å². The maximum atomic E-state index is 10.7. The summed E-state index contributed by atoms with van der Waals surface area (Å²) in [5, 5.41) is 10.4. The van der Waals surface area contributed by atoms with Crippen LogP contribution in [-0.2, 0) is 17.6 Å². The molecule has 1 aromatic heterocycles. The quantitative estimate of drug-likeness (QED) is 0.905. The summed E-state index contributed by atoms with van der Waals surface area (Å²) in [6, 6.07) is 7.53. The molecule has 2 aromatic rings. The average molecular weight is 296 g/mol. The number of carbonyl (C=O) groups is 1. The standard InChI is InChI=1S/C14H14ClNO2S/c1-2-11-12(7-8-13(17)18)19-14(16-11)9-3-5-10(15)6-4-9/h3-6H,2,7-8H2,1H3,(H,17,18). The first-order valence-corrected chi connectivity index (χ1v) is 7.26. The number of aromatic nitrogens is 1. The van der Waals surface area contributed by atoms with Crippen molar-refractivity contribution in [3.8, 4) is 10.6 Å². The Hall–Kier alpha value is -1.39. The van der Waals surface area contributed by atoms with Crippen LogP contribution >= 0.6 is 22.9 Å². The van der Waals surface area contributed by atoms with Crippen molar-refractivity contribution < 1.29 is 9.90 Å². The van der Waals surface area contributed by atoms with E-state index in [-0.39, 0.29) is 6.42 Å². The number of nitrogens with zero attached hydrogens (tertiary/aromatic N) is 1. The number of rotatable bonds is 5. The Labute approximate surface area is 120 Å². The Balaban J connectivity index is 2.27. The molecular formula is C14H14ClNO2S. The van der Waals surface area contributed by atoms with Crippen molar-refractivity contribution in [2.45, 2.75) is 26.2 Å². The van der Waals surface area contributed by atoms with E-state index in [1.807, 2.05) is 31.2 Å². The summed E-state index contributed by atoms with van der Waals surface area (Å²) in [6.07, 6.45) is 1.51. The number of carboxylic acids is 1. The minimum Gasteiger partial charge on any atom is -0.481 e. The van der Waals surface area contributed by atoms with Crippen molar-refractivity contribution in [2.75, 3.05) is 0 Å². The van der Waals surface area contributed by atoms with Crippen LogP contribution in [-0.4, -0.2) is 16.1 Å². The van der Waals surface area contributed by atoms with Crippen LogP contribution in [0.2, 0.25) is 5.02 Å². The van der Waals surface area contributed by atoms with Crippen LogP contribution < -0.4 is 0 Å². The first-order chi connectivity index (χ1) is 9.10. The van der Waals surface area contributed by atoms with E-state index in [4.69, 9.17) is 16.7 Å². The van der Waals surface area contributed by atoms with E-state index in [2.05, 4.69) is 4.98 Å². The maximum absolute atomic E-state index is 10.7. The zero-order valence-electron chi connectivity index (χ0n) is 10.5. The van der Waals surface area contributed by atoms with Crippen LogP contribution in [0, 0.1) is 0 Å². The molecule has 0 radical (unpaired) electrons. The van der Waals surface area contributed by atoms with Crippen molar-refractivity contribution in [1.29, 1.82) is 0 Å². The predicted octanol–water partition coefficient (Wildman–Crippen LogP) is 4.04. The number of hydrogen-bond donors (Lipinski definition) is 1. The van der Waals surface area contributed by atoms with Crippen LogP contribution in [0.15, 0.2) is 24.3 Å². The summed E-state index contributed by atoms with van der Waals surface area (Å²) in [4.78, 5) is 16.3. The van der Waals surface area contributed by atoms with Gasteiger partial charge >= 0.3 is 5.97 Å². The highest BCUT2D eigenvalue weighted by molar-refractivity contribution is 7.15. The van der Waals surface area contributed by atoms with Gasteiger partial charge in [-0.05, 0) is 25.0 Å². The number of halogens is 1. The fraction of sp³-hybridized carbons (Fsp3) is 0.286. The van der Waals surface area contributed by atoms with E-state index < -0.39 is 5.97 Å². The fourth-order valence-corrected chi connectivity index (χ4v) is 3.07. The highest BCUT2D eigenvalue weighted by Crippen LogP contribution is 2.30. The van der Waals surface area contributed by atoms with Crippen molar-refractivity contribution in [3.05, 3.63) is 39.9 Å². The molecule has 5 heteroatoms. The zero-order chi connectivity index (χ0) is 13.8. The molecule has 0 fully saturated rings. The molecule has 0 spiro atoms. The van der Waals surface area contributed by atoms with Gasteiger partial charge in [0.25, 0.3) is 0 Å². The van der Waals surface area contributed by atoms with E-state index in [0.717, 1.165) is 27.6 Å². The van der Waals surface area contributed by atoms with Crippen LogP contribution in [0.5, 0.6) is 0 Å². The molecule has 2 rings (SSSR count). The molecule has 1 aromatic carbocycles. The number of benzene rings is 1. The Morgan fingerprint density at radius 2 is 2.05 bits per heavy atom. The van der Waals surface area contributed by atoms with Crippen molar-refractivity contribution >= 4 is 28.9 Å². The molecule has 19 heavy (non-hydrogen) atoms. The Morgan fingerprint density at radius 3 is 2.63 bits per heavy atom. The van der Waals surface area contributed by atoms with Crippen LogP contribution in [0.25, 0.3) is 10.6 Å². The molecule has 3 nitrogen and oxygen atoms in total. The summed E-state index contributed by atoms with van der Waals surface area (Å²) in [7, 11) is 0. The van der Waals surface area contributed by atoms with Gasteiger partial charge in [-0.1, -0.05) is 30.7 Å². The van der Waals surface area contributed by atoms with Gasteiger partial charge in [0, 0.05) is 15.5 Å². The maximum Gasteiger partial charge on any atom is 0.303 e. The topological polar surface area (TPSA) is 50.2 Å². The summed E-state index contributed by atoms with van der Waals surface area (Å²) in [6.45, 7) is 2.03. The molecule has 0 atom stereocenters. The van der Waals surface area contributed by atoms with Gasteiger partial charge in [-0.3, -0.25) is 4.79 Å². The molecular weight excluding hydrogens is 282 g/mol. The van der Waals surface area contributed by atoms with Crippen LogP contribution in [0.3, 0.4) is 0 Å². The molecule has 0 aliphatic heterocycles. The van der Waals surface area contributed by atoms with Crippen molar-refractivity contribution in [1.82, 2.24) is 4.98 Å². The van der Waals surface area contributed by atoms with Crippen LogP contribution in [0.1, 0.15) is 23.9 Å². The fourth-order valence-electron chi connectivity index (χ4n) is 1.79. The predicted molar refractivity (Wildman–Crippen MR) is 77.9 cm³/mol. The molecule has 100 valence electrons. The Morgan fingerprint density at radius 1 is 1.37 bits per heavy atom. The van der Waals surface area contributed by atoms with Crippen molar-refractivity contribution in [2.24, 2.45) is 0 Å². The normalized spacial score (nSPS) is 10.6.